The minimum Gasteiger partial charge on any atom is -0.465 e. The van der Waals surface area contributed by atoms with E-state index in [1.807, 2.05) is 12.1 Å². The molecule has 0 spiro atoms. The molecule has 0 fully saturated rings. The first-order valence-corrected chi connectivity index (χ1v) is 12.2. The van der Waals surface area contributed by atoms with Gasteiger partial charge in [0, 0.05) is 18.5 Å². The molecule has 0 saturated heterocycles. The predicted octanol–water partition coefficient (Wildman–Crippen LogP) is 6.03. The highest BCUT2D eigenvalue weighted by molar-refractivity contribution is 5.93. The van der Waals surface area contributed by atoms with Crippen LogP contribution in [0.25, 0.3) is 27.7 Å². The SMILES string of the molecule is COC(=O)c1ccc(Cn2c(CCO)nc3c(-c4ccc(C5=CCCCC5)cc4)cccc32)cc1. The van der Waals surface area contributed by atoms with Crippen LogP contribution >= 0.6 is 0 Å². The fourth-order valence-corrected chi connectivity index (χ4v) is 4.91. The van der Waals surface area contributed by atoms with Gasteiger partial charge in [-0.15, -0.1) is 0 Å². The highest BCUT2D eigenvalue weighted by Crippen LogP contribution is 2.32. The highest BCUT2D eigenvalue weighted by atomic mass is 16.5. The number of esters is 1. The normalized spacial score (nSPS) is 13.6. The number of fused-ring (bicyclic) bond motifs is 1. The molecule has 0 unspecified atom stereocenters. The smallest absolute Gasteiger partial charge is 0.337 e. The molecule has 5 heteroatoms. The Balaban J connectivity index is 1.50. The standard InChI is InChI=1S/C30H30N2O3/c1-35-30(34)25-12-10-21(11-13-25)20-32-27-9-5-8-26(29(27)31-28(32)18-19-33)24-16-14-23(15-17-24)22-6-3-2-4-7-22/h5-6,8-17,33H,2-4,7,18-20H2,1H3. The molecule has 0 radical (unpaired) electrons. The third-order valence-corrected chi connectivity index (χ3v) is 6.77. The summed E-state index contributed by atoms with van der Waals surface area (Å²) in [4.78, 5) is 16.7. The minimum absolute atomic E-state index is 0.0315. The highest BCUT2D eigenvalue weighted by Gasteiger charge is 2.16. The second-order valence-corrected chi connectivity index (χ2v) is 9.00. The zero-order valence-electron chi connectivity index (χ0n) is 20.0. The summed E-state index contributed by atoms with van der Waals surface area (Å²) in [6.45, 7) is 0.633. The van der Waals surface area contributed by atoms with E-state index < -0.39 is 0 Å². The molecule has 5 nitrogen and oxygen atoms in total. The van der Waals surface area contributed by atoms with Crippen LogP contribution in [-0.2, 0) is 17.7 Å². The van der Waals surface area contributed by atoms with Crippen molar-refractivity contribution >= 4 is 22.6 Å². The van der Waals surface area contributed by atoms with Crippen LogP contribution in [0, 0.1) is 0 Å². The van der Waals surface area contributed by atoms with E-state index in [4.69, 9.17) is 9.72 Å². The molecule has 0 saturated carbocycles. The Kier molecular flexibility index (Phi) is 6.77. The second kappa shape index (κ2) is 10.3. The molecule has 35 heavy (non-hydrogen) atoms. The van der Waals surface area contributed by atoms with E-state index in [9.17, 15) is 9.90 Å². The largest absolute Gasteiger partial charge is 0.465 e. The van der Waals surface area contributed by atoms with E-state index in [2.05, 4.69) is 53.1 Å². The van der Waals surface area contributed by atoms with Crippen molar-refractivity contribution in [2.24, 2.45) is 0 Å². The Morgan fingerprint density at radius 3 is 2.46 bits per heavy atom. The van der Waals surface area contributed by atoms with Crippen LogP contribution in [-0.4, -0.2) is 34.3 Å². The second-order valence-electron chi connectivity index (χ2n) is 9.00. The van der Waals surface area contributed by atoms with Crippen LogP contribution in [0.2, 0.25) is 0 Å². The number of rotatable bonds is 7. The van der Waals surface area contributed by atoms with Gasteiger partial charge in [-0.25, -0.2) is 9.78 Å². The molecule has 4 aromatic rings. The van der Waals surface area contributed by atoms with E-state index >= 15 is 0 Å². The quantitative estimate of drug-likeness (QED) is 0.338. The number of para-hydroxylation sites is 1. The zero-order valence-corrected chi connectivity index (χ0v) is 20.0. The first-order valence-electron chi connectivity index (χ1n) is 12.2. The van der Waals surface area contributed by atoms with Gasteiger partial charge >= 0.3 is 5.97 Å². The predicted molar refractivity (Wildman–Crippen MR) is 139 cm³/mol. The number of imidazole rings is 1. The van der Waals surface area contributed by atoms with E-state index in [-0.39, 0.29) is 12.6 Å². The summed E-state index contributed by atoms with van der Waals surface area (Å²) in [5.74, 6) is 0.497. The lowest BCUT2D eigenvalue weighted by Crippen LogP contribution is -2.07. The third-order valence-electron chi connectivity index (χ3n) is 6.77. The van der Waals surface area contributed by atoms with Crippen molar-refractivity contribution in [3.63, 3.8) is 0 Å². The van der Waals surface area contributed by atoms with Crippen molar-refractivity contribution < 1.29 is 14.6 Å². The number of allylic oxidation sites excluding steroid dienone is 2. The first kappa shape index (κ1) is 23.1. The number of methoxy groups -OCH3 is 1. The number of carbonyl (C=O) groups excluding carboxylic acids is 1. The number of nitrogens with zero attached hydrogens (tertiary/aromatic N) is 2. The van der Waals surface area contributed by atoms with Crippen LogP contribution < -0.4 is 0 Å². The summed E-state index contributed by atoms with van der Waals surface area (Å²) in [7, 11) is 1.38. The van der Waals surface area contributed by atoms with Crippen LogP contribution in [0.5, 0.6) is 0 Å². The van der Waals surface area contributed by atoms with Crippen LogP contribution in [0.3, 0.4) is 0 Å². The molecule has 1 aliphatic rings. The van der Waals surface area contributed by atoms with Crippen molar-refractivity contribution in [3.8, 4) is 11.1 Å². The third kappa shape index (κ3) is 4.77. The number of carbonyl (C=O) groups is 1. The number of ether oxygens (including phenoxy) is 1. The van der Waals surface area contributed by atoms with Crippen molar-refractivity contribution in [2.45, 2.75) is 38.6 Å². The molecule has 0 amide bonds. The topological polar surface area (TPSA) is 64.3 Å². The summed E-state index contributed by atoms with van der Waals surface area (Å²) in [6.07, 6.45) is 7.74. The summed E-state index contributed by atoms with van der Waals surface area (Å²) >= 11 is 0. The Hall–Kier alpha value is -3.70. The molecular weight excluding hydrogens is 436 g/mol. The number of aliphatic hydroxyl groups is 1. The maximum Gasteiger partial charge on any atom is 0.337 e. The lowest BCUT2D eigenvalue weighted by atomic mass is 9.92. The number of aliphatic hydroxyl groups excluding tert-OH is 1. The molecule has 1 aromatic heterocycles. The zero-order chi connectivity index (χ0) is 24.2. The maximum absolute atomic E-state index is 11.8. The fourth-order valence-electron chi connectivity index (χ4n) is 4.91. The summed E-state index contributed by atoms with van der Waals surface area (Å²) in [5, 5.41) is 9.69. The lowest BCUT2D eigenvalue weighted by molar-refractivity contribution is 0.0600. The van der Waals surface area contributed by atoms with Gasteiger partial charge in [-0.2, -0.15) is 0 Å². The van der Waals surface area contributed by atoms with Crippen LogP contribution in [0.1, 0.15) is 53.0 Å². The van der Waals surface area contributed by atoms with Gasteiger partial charge in [-0.05, 0) is 66.1 Å². The van der Waals surface area contributed by atoms with E-state index in [0.29, 0.717) is 18.5 Å². The molecule has 1 heterocycles. The molecule has 1 aliphatic carbocycles. The van der Waals surface area contributed by atoms with Gasteiger partial charge in [0.2, 0.25) is 0 Å². The fraction of sp³-hybridized carbons (Fsp3) is 0.267. The van der Waals surface area contributed by atoms with E-state index in [1.54, 1.807) is 12.1 Å². The van der Waals surface area contributed by atoms with Crippen LogP contribution in [0.4, 0.5) is 0 Å². The average Bonchev–Trinajstić information content (AvgIpc) is 3.26. The van der Waals surface area contributed by atoms with Gasteiger partial charge in [-0.3, -0.25) is 0 Å². The van der Waals surface area contributed by atoms with Gasteiger partial charge in [0.05, 0.1) is 30.3 Å². The molecule has 0 bridgehead atoms. The lowest BCUT2D eigenvalue weighted by Gasteiger charge is -2.13. The molecule has 3 aromatic carbocycles. The van der Waals surface area contributed by atoms with Gasteiger partial charge in [0.1, 0.15) is 5.82 Å². The molecular formula is C30H30N2O3. The Bertz CT molecular complexity index is 1370. The van der Waals surface area contributed by atoms with Gasteiger partial charge in [-0.1, -0.05) is 54.6 Å². The van der Waals surface area contributed by atoms with Gasteiger partial charge in [0.25, 0.3) is 0 Å². The Labute approximate surface area is 205 Å². The number of benzene rings is 3. The number of hydrogen-bond acceptors (Lipinski definition) is 4. The minimum atomic E-state index is -0.346. The Morgan fingerprint density at radius 2 is 1.77 bits per heavy atom. The van der Waals surface area contributed by atoms with Crippen LogP contribution in [0.15, 0.2) is 72.8 Å². The van der Waals surface area contributed by atoms with E-state index in [1.165, 1.54) is 37.5 Å². The van der Waals surface area contributed by atoms with Crippen molar-refractivity contribution in [1.82, 2.24) is 9.55 Å². The summed E-state index contributed by atoms with van der Waals surface area (Å²) < 4.78 is 6.96. The molecule has 0 atom stereocenters. The average molecular weight is 467 g/mol. The first-order chi connectivity index (χ1) is 17.2. The van der Waals surface area contributed by atoms with Crippen molar-refractivity contribution in [3.05, 3.63) is 95.3 Å². The molecule has 178 valence electrons. The summed E-state index contributed by atoms with van der Waals surface area (Å²) in [5.41, 5.74) is 8.53. The van der Waals surface area contributed by atoms with Crippen molar-refractivity contribution in [1.29, 1.82) is 0 Å². The van der Waals surface area contributed by atoms with Gasteiger partial charge in [0.15, 0.2) is 0 Å². The monoisotopic (exact) mass is 466 g/mol. The van der Waals surface area contributed by atoms with Gasteiger partial charge < -0.3 is 14.4 Å². The molecule has 0 aliphatic heterocycles. The van der Waals surface area contributed by atoms with E-state index in [0.717, 1.165) is 40.0 Å². The number of aromatic nitrogens is 2. The molecule has 1 N–H and O–H groups in total. The Morgan fingerprint density at radius 1 is 1.00 bits per heavy atom. The summed E-state index contributed by atoms with van der Waals surface area (Å²) in [6, 6.07) is 22.5. The number of hydrogen-bond donors (Lipinski definition) is 1. The molecule has 5 rings (SSSR count). The maximum atomic E-state index is 11.8. The van der Waals surface area contributed by atoms with Crippen molar-refractivity contribution in [2.75, 3.05) is 13.7 Å².